The van der Waals surface area contributed by atoms with Crippen molar-refractivity contribution in [2.24, 2.45) is 0 Å². The molecule has 0 atom stereocenters. The van der Waals surface area contributed by atoms with Crippen molar-refractivity contribution in [3.63, 3.8) is 0 Å². The fraction of sp³-hybridized carbons (Fsp3) is 0.533. The lowest BCUT2D eigenvalue weighted by Gasteiger charge is -2.27. The minimum Gasteiger partial charge on any atom is -0.468 e. The molecular formula is C15H18F3NO4S. The van der Waals surface area contributed by atoms with Crippen LogP contribution in [0.3, 0.4) is 0 Å². The van der Waals surface area contributed by atoms with Gasteiger partial charge in [0.25, 0.3) is 0 Å². The molecule has 1 aliphatic rings. The fourth-order valence-corrected chi connectivity index (χ4v) is 4.35. The van der Waals surface area contributed by atoms with E-state index in [1.807, 2.05) is 0 Å². The maximum absolute atomic E-state index is 13.0. The van der Waals surface area contributed by atoms with E-state index in [-0.39, 0.29) is 18.4 Å². The third-order valence-electron chi connectivity index (χ3n) is 4.19. The van der Waals surface area contributed by atoms with Gasteiger partial charge in [-0.3, -0.25) is 4.79 Å². The lowest BCUT2D eigenvalue weighted by Crippen LogP contribution is -2.52. The number of hydrogen-bond acceptors (Lipinski definition) is 4. The molecule has 0 amide bonds. The number of esters is 1. The van der Waals surface area contributed by atoms with Gasteiger partial charge in [-0.2, -0.15) is 17.9 Å². The average molecular weight is 365 g/mol. The molecule has 0 radical (unpaired) electrons. The molecule has 1 saturated carbocycles. The summed E-state index contributed by atoms with van der Waals surface area (Å²) in [6.45, 7) is 1.25. The van der Waals surface area contributed by atoms with E-state index >= 15 is 0 Å². The predicted octanol–water partition coefficient (Wildman–Crippen LogP) is 2.78. The van der Waals surface area contributed by atoms with Gasteiger partial charge >= 0.3 is 12.1 Å². The van der Waals surface area contributed by atoms with Crippen LogP contribution < -0.4 is 4.72 Å². The van der Waals surface area contributed by atoms with E-state index in [1.54, 1.807) is 0 Å². The predicted molar refractivity (Wildman–Crippen MR) is 79.7 cm³/mol. The molecule has 0 heterocycles. The van der Waals surface area contributed by atoms with Gasteiger partial charge in [-0.25, -0.2) is 8.42 Å². The number of hydrogen-bond donors (Lipinski definition) is 1. The number of halogens is 3. The van der Waals surface area contributed by atoms with Crippen LogP contribution >= 0.6 is 0 Å². The minimum absolute atomic E-state index is 0.0787. The van der Waals surface area contributed by atoms with E-state index in [0.29, 0.717) is 18.9 Å². The van der Waals surface area contributed by atoms with Gasteiger partial charge in [0.2, 0.25) is 10.0 Å². The Morgan fingerprint density at radius 3 is 2.33 bits per heavy atom. The zero-order valence-corrected chi connectivity index (χ0v) is 14.1. The van der Waals surface area contributed by atoms with Crippen LogP contribution in [0.5, 0.6) is 0 Å². The maximum atomic E-state index is 13.0. The monoisotopic (exact) mass is 365 g/mol. The summed E-state index contributed by atoms with van der Waals surface area (Å²) in [6, 6.07) is 2.77. The van der Waals surface area contributed by atoms with Gasteiger partial charge in [0.05, 0.1) is 17.6 Å². The molecule has 1 fully saturated rings. The molecular weight excluding hydrogens is 347 g/mol. The molecule has 9 heteroatoms. The summed E-state index contributed by atoms with van der Waals surface area (Å²) in [5.41, 5.74) is -2.52. The normalized spacial score (nSPS) is 17.7. The van der Waals surface area contributed by atoms with E-state index in [9.17, 15) is 26.4 Å². The average Bonchev–Trinajstić information content (AvgIpc) is 2.94. The van der Waals surface area contributed by atoms with E-state index in [1.165, 1.54) is 6.92 Å². The third kappa shape index (κ3) is 3.56. The second kappa shape index (κ2) is 6.36. The van der Waals surface area contributed by atoms with Crippen molar-refractivity contribution in [2.75, 3.05) is 7.11 Å². The van der Waals surface area contributed by atoms with Gasteiger partial charge in [-0.05, 0) is 37.5 Å². The largest absolute Gasteiger partial charge is 0.468 e. The summed E-state index contributed by atoms with van der Waals surface area (Å²) < 4.78 is 70.9. The first-order chi connectivity index (χ1) is 11.0. The number of rotatable bonds is 4. The van der Waals surface area contributed by atoms with Crippen molar-refractivity contribution in [2.45, 2.75) is 49.2 Å². The summed E-state index contributed by atoms with van der Waals surface area (Å²) in [5, 5.41) is 0. The van der Waals surface area contributed by atoms with Crippen LogP contribution in [0.25, 0.3) is 0 Å². The van der Waals surface area contributed by atoms with Gasteiger partial charge in [0.1, 0.15) is 5.54 Å². The minimum atomic E-state index is -4.66. The Balaban J connectivity index is 2.42. The van der Waals surface area contributed by atoms with Crippen molar-refractivity contribution >= 4 is 16.0 Å². The molecule has 2 rings (SSSR count). The highest BCUT2D eigenvalue weighted by atomic mass is 32.2. The maximum Gasteiger partial charge on any atom is 0.416 e. The quantitative estimate of drug-likeness (QED) is 0.833. The number of carbonyl (C=O) groups excluding carboxylic acids is 1. The van der Waals surface area contributed by atoms with Crippen LogP contribution in [0.2, 0.25) is 0 Å². The van der Waals surface area contributed by atoms with Crippen molar-refractivity contribution in [1.82, 2.24) is 4.72 Å². The van der Waals surface area contributed by atoms with Gasteiger partial charge in [-0.1, -0.05) is 18.9 Å². The van der Waals surface area contributed by atoms with E-state index < -0.39 is 38.2 Å². The van der Waals surface area contributed by atoms with E-state index in [0.717, 1.165) is 19.2 Å². The third-order valence-corrected chi connectivity index (χ3v) is 5.72. The number of methoxy groups -OCH3 is 1. The standard InChI is InChI=1S/C15H18F3NO4S/c1-10-5-6-11(9-12(10)15(16,17)18)24(21,22)19-14(13(20)23-2)7-3-4-8-14/h5-6,9,19H,3-4,7-8H2,1-2H3. The van der Waals surface area contributed by atoms with Gasteiger partial charge in [0.15, 0.2) is 0 Å². The van der Waals surface area contributed by atoms with Gasteiger partial charge in [0, 0.05) is 0 Å². The van der Waals surface area contributed by atoms with Crippen molar-refractivity contribution in [1.29, 1.82) is 0 Å². The smallest absolute Gasteiger partial charge is 0.416 e. The molecule has 0 aromatic heterocycles. The van der Waals surface area contributed by atoms with Crippen molar-refractivity contribution in [3.8, 4) is 0 Å². The highest BCUT2D eigenvalue weighted by molar-refractivity contribution is 7.89. The SMILES string of the molecule is COC(=O)C1(NS(=O)(=O)c2ccc(C)c(C(F)(F)F)c2)CCCC1. The van der Waals surface area contributed by atoms with Crippen LogP contribution in [0.4, 0.5) is 13.2 Å². The Morgan fingerprint density at radius 1 is 1.25 bits per heavy atom. The molecule has 0 aliphatic heterocycles. The first-order valence-corrected chi connectivity index (χ1v) is 8.80. The van der Waals surface area contributed by atoms with Crippen LogP contribution in [0.1, 0.15) is 36.8 Å². The highest BCUT2D eigenvalue weighted by Gasteiger charge is 2.46. The van der Waals surface area contributed by atoms with E-state index in [4.69, 9.17) is 0 Å². The summed E-state index contributed by atoms with van der Waals surface area (Å²) in [6.07, 6.45) is -2.92. The molecule has 5 nitrogen and oxygen atoms in total. The number of benzene rings is 1. The summed E-state index contributed by atoms with van der Waals surface area (Å²) in [7, 11) is -3.16. The van der Waals surface area contributed by atoms with E-state index in [2.05, 4.69) is 9.46 Å². The van der Waals surface area contributed by atoms with Crippen LogP contribution in [0.15, 0.2) is 23.1 Å². The number of sulfonamides is 1. The molecule has 134 valence electrons. The second-order valence-corrected chi connectivity index (χ2v) is 7.54. The zero-order valence-electron chi connectivity index (χ0n) is 13.2. The Bertz CT molecular complexity index is 738. The zero-order chi connectivity index (χ0) is 18.2. The number of carbonyl (C=O) groups is 1. The number of aryl methyl sites for hydroxylation is 1. The molecule has 0 bridgehead atoms. The van der Waals surface area contributed by atoms with Gasteiger partial charge < -0.3 is 4.74 Å². The van der Waals surface area contributed by atoms with Crippen LogP contribution in [-0.2, 0) is 25.7 Å². The number of alkyl halides is 3. The molecule has 24 heavy (non-hydrogen) atoms. The molecule has 1 aromatic carbocycles. The molecule has 0 saturated heterocycles. The lowest BCUT2D eigenvalue weighted by molar-refractivity contribution is -0.147. The molecule has 0 unspecified atom stereocenters. The Morgan fingerprint density at radius 2 is 1.83 bits per heavy atom. The molecule has 0 spiro atoms. The highest BCUT2D eigenvalue weighted by Crippen LogP contribution is 2.35. The van der Waals surface area contributed by atoms with Gasteiger partial charge in [-0.15, -0.1) is 0 Å². The molecule has 1 aliphatic carbocycles. The summed E-state index contributed by atoms with van der Waals surface area (Å²) in [4.78, 5) is 11.5. The number of ether oxygens (including phenoxy) is 1. The first-order valence-electron chi connectivity index (χ1n) is 7.32. The second-order valence-electron chi connectivity index (χ2n) is 5.86. The Kier molecular flexibility index (Phi) is 4.96. The van der Waals surface area contributed by atoms with Crippen molar-refractivity contribution < 1.29 is 31.1 Å². The summed E-state index contributed by atoms with van der Waals surface area (Å²) in [5.74, 6) is -0.730. The Labute approximate surface area is 138 Å². The van der Waals surface area contributed by atoms with Crippen molar-refractivity contribution in [3.05, 3.63) is 29.3 Å². The molecule has 1 N–H and O–H groups in total. The van der Waals surface area contributed by atoms with Crippen LogP contribution in [0, 0.1) is 6.92 Å². The fourth-order valence-electron chi connectivity index (χ4n) is 2.91. The topological polar surface area (TPSA) is 72.5 Å². The first kappa shape index (κ1) is 18.7. The Hall–Kier alpha value is -1.61. The number of nitrogens with one attached hydrogen (secondary N) is 1. The molecule has 1 aromatic rings. The lowest BCUT2D eigenvalue weighted by atomic mass is 10.00. The van der Waals surface area contributed by atoms with Crippen LogP contribution in [-0.4, -0.2) is 27.0 Å². The summed E-state index contributed by atoms with van der Waals surface area (Å²) >= 11 is 0.